The van der Waals surface area contributed by atoms with Crippen molar-refractivity contribution in [2.45, 2.75) is 0 Å². The van der Waals surface area contributed by atoms with Crippen molar-refractivity contribution in [2.75, 3.05) is 0 Å². The van der Waals surface area contributed by atoms with Gasteiger partial charge in [0, 0.05) is 16.5 Å². The van der Waals surface area contributed by atoms with Crippen molar-refractivity contribution in [2.24, 2.45) is 0 Å². The molecule has 0 amide bonds. The van der Waals surface area contributed by atoms with E-state index in [0.29, 0.717) is 0 Å². The monoisotopic (exact) mass is 120 g/mol. The number of hydrogen-bond donors (Lipinski definition) is 0. The van der Waals surface area contributed by atoms with Gasteiger partial charge in [-0.3, -0.25) is 4.79 Å². The second kappa shape index (κ2) is 68.6. The van der Waals surface area contributed by atoms with Gasteiger partial charge < -0.3 is 0 Å². The topological polar surface area (TPSA) is 17.1 Å². The van der Waals surface area contributed by atoms with Crippen LogP contribution in [-0.4, -0.2) is 6.79 Å². The van der Waals surface area contributed by atoms with Crippen LogP contribution in [0.4, 0.5) is 0 Å². The summed E-state index contributed by atoms with van der Waals surface area (Å²) in [5, 5.41) is 0. The van der Waals surface area contributed by atoms with Gasteiger partial charge in [-0.15, -0.1) is 0 Å². The van der Waals surface area contributed by atoms with Crippen molar-refractivity contribution in [1.29, 1.82) is 0 Å². The van der Waals surface area contributed by atoms with Crippen LogP contribution in [0.3, 0.4) is 0 Å². The molecule has 0 fully saturated rings. The molecule has 0 aromatic carbocycles. The Balaban J connectivity index is -0.00000000500. The van der Waals surface area contributed by atoms with Gasteiger partial charge in [-0.1, -0.05) is 0 Å². The van der Waals surface area contributed by atoms with E-state index in [1.165, 1.54) is 0 Å². The second-order valence-electron chi connectivity index (χ2n) is 0. The zero-order chi connectivity index (χ0) is 2.00. The molecule has 0 aromatic heterocycles. The van der Waals surface area contributed by atoms with Crippen LogP contribution in [0.15, 0.2) is 0 Å². The minimum absolute atomic E-state index is 0. The molecular weight excluding hydrogens is 118 g/mol. The molecule has 0 aliphatic heterocycles. The van der Waals surface area contributed by atoms with E-state index in [1.54, 1.807) is 0 Å². The van der Waals surface area contributed by atoms with Crippen LogP contribution in [-0.2, 0) is 21.3 Å². The van der Waals surface area contributed by atoms with Crippen LogP contribution in [0.1, 0.15) is 0 Å². The van der Waals surface area contributed by atoms with E-state index in [-0.39, 0.29) is 26.4 Å². The van der Waals surface area contributed by atoms with Crippen LogP contribution in [0.5, 0.6) is 0 Å². The van der Waals surface area contributed by atoms with E-state index in [4.69, 9.17) is 4.79 Å². The summed E-state index contributed by atoms with van der Waals surface area (Å²) in [6.45, 7) is 4.50. The van der Waals surface area contributed by atoms with Crippen LogP contribution in [0.25, 0.3) is 0 Å². The fourth-order valence-corrected chi connectivity index (χ4v) is 0. The summed E-state index contributed by atoms with van der Waals surface area (Å²) in [6, 6.07) is 0. The first kappa shape index (κ1) is 23.4. The van der Waals surface area contributed by atoms with Gasteiger partial charge in [-0.05, 0) is 0 Å². The Labute approximate surface area is 38.7 Å². The molecule has 2 radical (unpaired) electrons. The molecule has 1 atom stereocenters. The maximum Gasteiger partial charge on any atom is 0.281 e. The predicted molar refractivity (Wildman–Crippen MR) is 16.8 cm³/mol. The van der Waals surface area contributed by atoms with Crippen molar-refractivity contribution in [3.63, 3.8) is 0 Å². The van der Waals surface area contributed by atoms with Crippen molar-refractivity contribution in [1.82, 2.24) is 0 Å². The molecule has 0 aliphatic carbocycles. The van der Waals surface area contributed by atoms with E-state index in [1.807, 2.05) is 0 Å². The average Bonchev–Trinajstić information content (AvgIpc) is 1.00. The molecule has 3 heteroatoms. The molecule has 0 heterocycles. The standard InChI is InChI=1S/CO.Ni.H3P/c1-2;;/h;;1H3. The summed E-state index contributed by atoms with van der Waals surface area (Å²) in [6.07, 6.45) is 0. The molecule has 0 aromatic rings. The smallest absolute Gasteiger partial charge is 0.281 e. The summed E-state index contributed by atoms with van der Waals surface area (Å²) in [5.74, 6) is 0. The normalized spacial score (nSPS) is 1.00. The van der Waals surface area contributed by atoms with Gasteiger partial charge in [0.15, 0.2) is 0 Å². The molecule has 0 saturated heterocycles. The molecular formula is CH3NiOP. The first-order valence-electron chi connectivity index (χ1n) is 0.204. The zero-order valence-electron chi connectivity index (χ0n) is 1.93. The number of hydrogen-bond acceptors (Lipinski definition) is 1. The second-order valence-corrected chi connectivity index (χ2v) is 0. The Morgan fingerprint density at radius 3 is 1.25 bits per heavy atom. The van der Waals surface area contributed by atoms with Gasteiger partial charge in [0.25, 0.3) is 6.79 Å². The fourth-order valence-electron chi connectivity index (χ4n) is 0. The quantitative estimate of drug-likeness (QED) is 0.316. The van der Waals surface area contributed by atoms with Crippen LogP contribution >= 0.6 is 9.90 Å². The van der Waals surface area contributed by atoms with E-state index in [2.05, 4.69) is 6.79 Å². The van der Waals surface area contributed by atoms with Gasteiger partial charge >= 0.3 is 0 Å². The Morgan fingerprint density at radius 2 is 1.25 bits per heavy atom. The summed E-state index contributed by atoms with van der Waals surface area (Å²) >= 11 is 0. The van der Waals surface area contributed by atoms with E-state index in [9.17, 15) is 0 Å². The number of carbonyl (C=O) groups excluding carboxylic acids is 1. The van der Waals surface area contributed by atoms with Crippen molar-refractivity contribution in [3.8, 4) is 0 Å². The third-order valence-electron chi connectivity index (χ3n) is 0. The van der Waals surface area contributed by atoms with Gasteiger partial charge in [0.1, 0.15) is 0 Å². The van der Waals surface area contributed by atoms with E-state index >= 15 is 0 Å². The molecule has 0 aliphatic rings. The summed E-state index contributed by atoms with van der Waals surface area (Å²) in [7, 11) is 0. The minimum Gasteiger partial charge on any atom is -0.281 e. The van der Waals surface area contributed by atoms with Gasteiger partial charge in [0.2, 0.25) is 0 Å². The minimum atomic E-state index is 0. The Kier molecular flexibility index (Phi) is 401. The fraction of sp³-hybridized carbons (Fsp3) is 0. The Hall–Kier alpha value is 0.594. The average molecular weight is 121 g/mol. The van der Waals surface area contributed by atoms with Crippen LogP contribution < -0.4 is 0 Å². The van der Waals surface area contributed by atoms with Crippen molar-refractivity contribution < 1.29 is 21.3 Å². The Morgan fingerprint density at radius 1 is 1.25 bits per heavy atom. The first-order valence-corrected chi connectivity index (χ1v) is 0.204. The third kappa shape index (κ3) is 18.7. The largest absolute Gasteiger partial charge is 0.281 e. The van der Waals surface area contributed by atoms with E-state index in [0.717, 1.165) is 0 Å². The van der Waals surface area contributed by atoms with Crippen molar-refractivity contribution in [3.05, 3.63) is 0 Å². The summed E-state index contributed by atoms with van der Waals surface area (Å²) < 4.78 is 0. The van der Waals surface area contributed by atoms with E-state index < -0.39 is 0 Å². The molecule has 0 N–H and O–H groups in total. The van der Waals surface area contributed by atoms with Gasteiger partial charge in [0.05, 0.1) is 0 Å². The molecule has 1 nitrogen and oxygen atoms in total. The summed E-state index contributed by atoms with van der Waals surface area (Å²) in [4.78, 5) is 7.50. The maximum absolute atomic E-state index is 7.50. The van der Waals surface area contributed by atoms with Crippen LogP contribution in [0.2, 0.25) is 0 Å². The Bertz CT molecular complexity index is 8.00. The van der Waals surface area contributed by atoms with Crippen LogP contribution in [0, 0.1) is 0 Å². The van der Waals surface area contributed by atoms with Crippen molar-refractivity contribution >= 4 is 16.7 Å². The SMILES string of the molecule is P.[C]=O.[Ni]. The zero-order valence-corrected chi connectivity index (χ0v) is 4.33. The molecule has 0 saturated carbocycles. The van der Waals surface area contributed by atoms with Gasteiger partial charge in [-0.2, -0.15) is 9.90 Å². The third-order valence-corrected chi connectivity index (χ3v) is 0. The molecule has 4 heavy (non-hydrogen) atoms. The number of rotatable bonds is 0. The molecule has 0 rings (SSSR count). The molecule has 0 bridgehead atoms. The molecule has 0 spiro atoms. The van der Waals surface area contributed by atoms with Gasteiger partial charge in [-0.25, -0.2) is 0 Å². The predicted octanol–water partition coefficient (Wildman–Crippen LogP) is -0.342. The maximum atomic E-state index is 7.50. The molecule has 1 unspecified atom stereocenters. The summed E-state index contributed by atoms with van der Waals surface area (Å²) in [5.41, 5.74) is 0. The first-order chi connectivity index (χ1) is 1.00. The molecule has 28 valence electrons.